The van der Waals surface area contributed by atoms with Crippen molar-refractivity contribution in [3.8, 4) is 11.5 Å². The van der Waals surface area contributed by atoms with E-state index in [0.717, 1.165) is 0 Å². The second-order valence-corrected chi connectivity index (χ2v) is 5.48. The predicted octanol–water partition coefficient (Wildman–Crippen LogP) is 1.70. The van der Waals surface area contributed by atoms with Gasteiger partial charge in [-0.1, -0.05) is 0 Å². The van der Waals surface area contributed by atoms with E-state index in [4.69, 9.17) is 4.74 Å². The quantitative estimate of drug-likeness (QED) is 0.824. The normalized spacial score (nSPS) is 23.8. The zero-order chi connectivity index (χ0) is 14.9. The lowest BCUT2D eigenvalue weighted by molar-refractivity contribution is -0.0652. The second kappa shape index (κ2) is 5.81. The SMILES string of the molecule is Cc1c(O)ccc(C(=O)CN2C[C@H](C)O[C@@H](C)C2)c1O. The van der Waals surface area contributed by atoms with Crippen molar-refractivity contribution in [1.29, 1.82) is 0 Å². The van der Waals surface area contributed by atoms with E-state index in [1.54, 1.807) is 6.92 Å². The number of carbonyl (C=O) groups is 1. The van der Waals surface area contributed by atoms with Gasteiger partial charge in [0.1, 0.15) is 11.5 Å². The highest BCUT2D eigenvalue weighted by Crippen LogP contribution is 2.29. The molecule has 0 aromatic heterocycles. The zero-order valence-electron chi connectivity index (χ0n) is 12.1. The summed E-state index contributed by atoms with van der Waals surface area (Å²) < 4.78 is 5.63. The molecule has 5 heteroatoms. The Morgan fingerprint density at radius 2 is 1.90 bits per heavy atom. The fraction of sp³-hybridized carbons (Fsp3) is 0.533. The van der Waals surface area contributed by atoms with E-state index >= 15 is 0 Å². The molecule has 110 valence electrons. The molecular weight excluding hydrogens is 258 g/mol. The minimum absolute atomic E-state index is 0.00679. The molecule has 0 amide bonds. The van der Waals surface area contributed by atoms with Gasteiger partial charge in [0.05, 0.1) is 24.3 Å². The maximum atomic E-state index is 12.3. The number of hydrogen-bond donors (Lipinski definition) is 2. The predicted molar refractivity (Wildman–Crippen MR) is 75.3 cm³/mol. The Morgan fingerprint density at radius 1 is 1.30 bits per heavy atom. The van der Waals surface area contributed by atoms with E-state index in [2.05, 4.69) is 0 Å². The van der Waals surface area contributed by atoms with E-state index < -0.39 is 0 Å². The van der Waals surface area contributed by atoms with Crippen LogP contribution in [0.4, 0.5) is 0 Å². The molecule has 2 N–H and O–H groups in total. The number of ketones is 1. The summed E-state index contributed by atoms with van der Waals surface area (Å²) in [5, 5.41) is 19.5. The number of nitrogens with zero attached hydrogens (tertiary/aromatic N) is 1. The van der Waals surface area contributed by atoms with Crippen LogP contribution in [0.15, 0.2) is 12.1 Å². The van der Waals surface area contributed by atoms with Crippen LogP contribution in [-0.2, 0) is 4.74 Å². The number of carbonyl (C=O) groups excluding carboxylic acids is 1. The van der Waals surface area contributed by atoms with Crippen LogP contribution in [0.1, 0.15) is 29.8 Å². The summed E-state index contributed by atoms with van der Waals surface area (Å²) in [5.74, 6) is -0.288. The van der Waals surface area contributed by atoms with Crippen LogP contribution in [0, 0.1) is 6.92 Å². The van der Waals surface area contributed by atoms with Gasteiger partial charge in [-0.05, 0) is 32.9 Å². The molecule has 0 spiro atoms. The first-order valence-electron chi connectivity index (χ1n) is 6.81. The first-order valence-corrected chi connectivity index (χ1v) is 6.81. The van der Waals surface area contributed by atoms with Gasteiger partial charge in [0.25, 0.3) is 0 Å². The summed E-state index contributed by atoms with van der Waals surface area (Å²) in [4.78, 5) is 14.3. The van der Waals surface area contributed by atoms with Crippen LogP contribution in [0.3, 0.4) is 0 Å². The number of morpholine rings is 1. The van der Waals surface area contributed by atoms with Crippen molar-refractivity contribution >= 4 is 5.78 Å². The topological polar surface area (TPSA) is 70.0 Å². The van der Waals surface area contributed by atoms with E-state index in [0.29, 0.717) is 18.7 Å². The molecule has 5 nitrogen and oxygen atoms in total. The van der Waals surface area contributed by atoms with Gasteiger partial charge in [-0.15, -0.1) is 0 Å². The van der Waals surface area contributed by atoms with Gasteiger partial charge in [-0.3, -0.25) is 9.69 Å². The van der Waals surface area contributed by atoms with E-state index in [9.17, 15) is 15.0 Å². The fourth-order valence-electron chi connectivity index (χ4n) is 2.62. The summed E-state index contributed by atoms with van der Waals surface area (Å²) in [7, 11) is 0. The molecule has 0 unspecified atom stereocenters. The van der Waals surface area contributed by atoms with E-state index in [1.165, 1.54) is 12.1 Å². The number of ether oxygens (including phenoxy) is 1. The Kier molecular flexibility index (Phi) is 4.30. The number of phenols is 2. The van der Waals surface area contributed by atoms with Crippen LogP contribution in [-0.4, -0.2) is 52.7 Å². The zero-order valence-corrected chi connectivity index (χ0v) is 12.1. The summed E-state index contributed by atoms with van der Waals surface area (Å²) in [6, 6.07) is 2.90. The third-order valence-corrected chi connectivity index (χ3v) is 3.57. The summed E-state index contributed by atoms with van der Waals surface area (Å²) in [6.45, 7) is 7.20. The highest BCUT2D eigenvalue weighted by Gasteiger charge is 2.25. The molecule has 0 bridgehead atoms. The van der Waals surface area contributed by atoms with Gasteiger partial charge in [-0.2, -0.15) is 0 Å². The van der Waals surface area contributed by atoms with Crippen LogP contribution in [0.25, 0.3) is 0 Å². The fourth-order valence-corrected chi connectivity index (χ4v) is 2.62. The van der Waals surface area contributed by atoms with Crippen molar-refractivity contribution < 1.29 is 19.7 Å². The van der Waals surface area contributed by atoms with Crippen molar-refractivity contribution in [3.63, 3.8) is 0 Å². The number of hydrogen-bond acceptors (Lipinski definition) is 5. The lowest BCUT2D eigenvalue weighted by atomic mass is 10.0. The molecule has 1 aliphatic heterocycles. The van der Waals surface area contributed by atoms with Crippen molar-refractivity contribution in [3.05, 3.63) is 23.3 Å². The first kappa shape index (κ1) is 14.8. The largest absolute Gasteiger partial charge is 0.508 e. The van der Waals surface area contributed by atoms with Crippen LogP contribution < -0.4 is 0 Å². The number of rotatable bonds is 3. The van der Waals surface area contributed by atoms with Crippen LogP contribution >= 0.6 is 0 Å². The maximum Gasteiger partial charge on any atom is 0.180 e. The van der Waals surface area contributed by atoms with Crippen molar-refractivity contribution in [2.24, 2.45) is 0 Å². The van der Waals surface area contributed by atoms with Gasteiger partial charge in [0, 0.05) is 18.7 Å². The summed E-state index contributed by atoms with van der Waals surface area (Å²) in [5.41, 5.74) is 0.590. The van der Waals surface area contributed by atoms with Gasteiger partial charge in [-0.25, -0.2) is 0 Å². The molecule has 2 rings (SSSR count). The Balaban J connectivity index is 2.11. The minimum atomic E-state index is -0.146. The lowest BCUT2D eigenvalue weighted by Gasteiger charge is -2.34. The standard InChI is InChI=1S/C15H21NO4/c1-9-6-16(7-10(2)20-9)8-14(18)12-4-5-13(17)11(3)15(12)19/h4-5,9-10,17,19H,6-8H2,1-3H3/t9-,10-/m0/s1. The lowest BCUT2D eigenvalue weighted by Crippen LogP contribution is -2.47. The molecule has 0 radical (unpaired) electrons. The Bertz CT molecular complexity index is 505. The van der Waals surface area contributed by atoms with Crippen molar-refractivity contribution in [2.45, 2.75) is 33.0 Å². The third-order valence-electron chi connectivity index (χ3n) is 3.57. The molecule has 0 aliphatic carbocycles. The first-order chi connectivity index (χ1) is 9.38. The second-order valence-electron chi connectivity index (χ2n) is 5.48. The Labute approximate surface area is 118 Å². The number of benzene rings is 1. The molecule has 2 atom stereocenters. The maximum absolute atomic E-state index is 12.3. The summed E-state index contributed by atoms with van der Waals surface area (Å²) >= 11 is 0. The minimum Gasteiger partial charge on any atom is -0.508 e. The van der Waals surface area contributed by atoms with Crippen LogP contribution in [0.2, 0.25) is 0 Å². The van der Waals surface area contributed by atoms with Gasteiger partial charge in [0.2, 0.25) is 0 Å². The van der Waals surface area contributed by atoms with Crippen molar-refractivity contribution in [1.82, 2.24) is 4.90 Å². The molecule has 20 heavy (non-hydrogen) atoms. The average Bonchev–Trinajstić information content (AvgIpc) is 2.34. The van der Waals surface area contributed by atoms with Gasteiger partial charge < -0.3 is 14.9 Å². The highest BCUT2D eigenvalue weighted by molar-refractivity contribution is 6.00. The molecule has 0 saturated carbocycles. The van der Waals surface area contributed by atoms with Crippen molar-refractivity contribution in [2.75, 3.05) is 19.6 Å². The molecule has 1 saturated heterocycles. The molecule has 1 aliphatic rings. The molecule has 1 aromatic carbocycles. The monoisotopic (exact) mass is 279 g/mol. The number of Topliss-reactive ketones (excluding diaryl/α,β-unsaturated/α-hetero) is 1. The molecule has 1 aromatic rings. The average molecular weight is 279 g/mol. The Morgan fingerprint density at radius 3 is 2.50 bits per heavy atom. The highest BCUT2D eigenvalue weighted by atomic mass is 16.5. The van der Waals surface area contributed by atoms with Crippen LogP contribution in [0.5, 0.6) is 11.5 Å². The number of phenolic OH excluding ortho intramolecular Hbond substituents is 2. The van der Waals surface area contributed by atoms with Gasteiger partial charge >= 0.3 is 0 Å². The van der Waals surface area contributed by atoms with E-state index in [1.807, 2.05) is 18.7 Å². The molecule has 1 fully saturated rings. The molecule has 1 heterocycles. The Hall–Kier alpha value is -1.59. The van der Waals surface area contributed by atoms with E-state index in [-0.39, 0.29) is 41.6 Å². The third kappa shape index (κ3) is 3.11. The molecular formula is C15H21NO4. The van der Waals surface area contributed by atoms with Gasteiger partial charge in [0.15, 0.2) is 5.78 Å². The number of aromatic hydroxyl groups is 2. The smallest absolute Gasteiger partial charge is 0.180 e. The summed E-state index contributed by atoms with van der Waals surface area (Å²) in [6.07, 6.45) is 0.198.